The number of carbonyl (C=O) groups is 3. The number of carboxylic acid groups (broad SMARTS) is 2. The minimum atomic E-state index is -1.29. The van der Waals surface area contributed by atoms with Crippen molar-refractivity contribution in [3.63, 3.8) is 0 Å². The van der Waals surface area contributed by atoms with Gasteiger partial charge in [-0.05, 0) is 11.5 Å². The molecule has 0 aromatic carbocycles. The second-order valence-electron chi connectivity index (χ2n) is 2.74. The van der Waals surface area contributed by atoms with Crippen LogP contribution in [0.25, 0.3) is 0 Å². The summed E-state index contributed by atoms with van der Waals surface area (Å²) in [6.45, 7) is -1.38. The van der Waals surface area contributed by atoms with Crippen LogP contribution in [-0.2, 0) is 9.59 Å². The third-order valence-electron chi connectivity index (χ3n) is 1.52. The van der Waals surface area contributed by atoms with Gasteiger partial charge in [-0.1, -0.05) is 4.49 Å². The summed E-state index contributed by atoms with van der Waals surface area (Å²) in [6, 6.07) is 0. The van der Waals surface area contributed by atoms with Gasteiger partial charge in [0.05, 0.1) is 0 Å². The van der Waals surface area contributed by atoms with Crippen LogP contribution < -0.4 is 0 Å². The van der Waals surface area contributed by atoms with E-state index in [1.54, 1.807) is 0 Å². The van der Waals surface area contributed by atoms with Crippen molar-refractivity contribution in [2.24, 2.45) is 0 Å². The maximum absolute atomic E-state index is 11.6. The molecule has 86 valence electrons. The molecule has 1 amide bonds. The van der Waals surface area contributed by atoms with Gasteiger partial charge in [0.1, 0.15) is 13.1 Å². The minimum absolute atomic E-state index is 0.0625. The van der Waals surface area contributed by atoms with Crippen molar-refractivity contribution in [1.82, 2.24) is 14.5 Å². The molecule has 8 nitrogen and oxygen atoms in total. The number of hydrogen-bond donors (Lipinski definition) is 2. The van der Waals surface area contributed by atoms with Crippen molar-refractivity contribution in [2.75, 3.05) is 13.1 Å². The van der Waals surface area contributed by atoms with Crippen LogP contribution in [0.5, 0.6) is 0 Å². The SMILES string of the molecule is O=C(O)CN(CC(=O)O)C(=O)c1csnn1. The van der Waals surface area contributed by atoms with E-state index in [1.165, 1.54) is 5.38 Å². The second kappa shape index (κ2) is 5.16. The molecule has 0 atom stereocenters. The lowest BCUT2D eigenvalue weighted by Crippen LogP contribution is -2.39. The third kappa shape index (κ3) is 3.28. The average molecular weight is 245 g/mol. The summed E-state index contributed by atoms with van der Waals surface area (Å²) >= 11 is 0.920. The van der Waals surface area contributed by atoms with Gasteiger partial charge in [-0.2, -0.15) is 0 Å². The largest absolute Gasteiger partial charge is 0.480 e. The maximum Gasteiger partial charge on any atom is 0.323 e. The Morgan fingerprint density at radius 2 is 1.81 bits per heavy atom. The van der Waals surface area contributed by atoms with E-state index in [1.807, 2.05) is 0 Å². The normalized spacial score (nSPS) is 9.75. The molecule has 0 radical (unpaired) electrons. The van der Waals surface area contributed by atoms with Gasteiger partial charge in [0, 0.05) is 5.38 Å². The molecule has 0 fully saturated rings. The van der Waals surface area contributed by atoms with E-state index in [4.69, 9.17) is 10.2 Å². The zero-order valence-corrected chi connectivity index (χ0v) is 8.68. The topological polar surface area (TPSA) is 121 Å². The summed E-state index contributed by atoms with van der Waals surface area (Å²) in [4.78, 5) is 33.1. The van der Waals surface area contributed by atoms with Crippen LogP contribution in [0.1, 0.15) is 10.5 Å². The fourth-order valence-corrected chi connectivity index (χ4v) is 1.38. The van der Waals surface area contributed by atoms with Gasteiger partial charge in [0.15, 0.2) is 5.69 Å². The Morgan fingerprint density at radius 1 is 1.25 bits per heavy atom. The summed E-state index contributed by atoms with van der Waals surface area (Å²) in [6.07, 6.45) is 0. The molecule has 0 aliphatic carbocycles. The van der Waals surface area contributed by atoms with Gasteiger partial charge < -0.3 is 15.1 Å². The predicted octanol–water partition coefficient (Wildman–Crippen LogP) is -0.851. The molecule has 1 heterocycles. The summed E-state index contributed by atoms with van der Waals surface area (Å²) in [5.41, 5.74) is -0.0625. The van der Waals surface area contributed by atoms with Gasteiger partial charge in [-0.15, -0.1) is 5.10 Å². The second-order valence-corrected chi connectivity index (χ2v) is 3.35. The quantitative estimate of drug-likeness (QED) is 0.692. The third-order valence-corrected chi connectivity index (χ3v) is 2.02. The Labute approximate surface area is 93.3 Å². The summed E-state index contributed by atoms with van der Waals surface area (Å²) in [5.74, 6) is -3.35. The van der Waals surface area contributed by atoms with Crippen molar-refractivity contribution in [1.29, 1.82) is 0 Å². The first-order chi connectivity index (χ1) is 7.50. The number of carbonyl (C=O) groups excluding carboxylic acids is 1. The molecule has 2 N–H and O–H groups in total. The summed E-state index contributed by atoms with van der Waals surface area (Å²) in [5, 5.41) is 21.8. The van der Waals surface area contributed by atoms with Crippen LogP contribution in [0.4, 0.5) is 0 Å². The van der Waals surface area contributed by atoms with Crippen LogP contribution in [0.2, 0.25) is 0 Å². The van der Waals surface area contributed by atoms with Crippen molar-refractivity contribution in [3.8, 4) is 0 Å². The molecular weight excluding hydrogens is 238 g/mol. The van der Waals surface area contributed by atoms with Gasteiger partial charge in [-0.3, -0.25) is 14.4 Å². The molecule has 1 rings (SSSR count). The van der Waals surface area contributed by atoms with Gasteiger partial charge in [0.25, 0.3) is 5.91 Å². The van der Waals surface area contributed by atoms with Crippen LogP contribution in [0.15, 0.2) is 5.38 Å². The molecule has 0 spiro atoms. The van der Waals surface area contributed by atoms with Crippen molar-refractivity contribution >= 4 is 29.4 Å². The molecular formula is C7H7N3O5S. The first-order valence-corrected chi connectivity index (χ1v) is 4.84. The highest BCUT2D eigenvalue weighted by atomic mass is 32.1. The molecule has 16 heavy (non-hydrogen) atoms. The highest BCUT2D eigenvalue weighted by Crippen LogP contribution is 2.03. The number of aliphatic carboxylic acids is 2. The monoisotopic (exact) mass is 245 g/mol. The number of amides is 1. The molecule has 0 aliphatic heterocycles. The molecule has 9 heteroatoms. The molecule has 0 saturated carbocycles. The fourth-order valence-electron chi connectivity index (χ4n) is 0.946. The first-order valence-electron chi connectivity index (χ1n) is 4.00. The molecule has 0 saturated heterocycles. The maximum atomic E-state index is 11.6. The van der Waals surface area contributed by atoms with Crippen molar-refractivity contribution in [2.45, 2.75) is 0 Å². The van der Waals surface area contributed by atoms with Crippen LogP contribution in [0.3, 0.4) is 0 Å². The van der Waals surface area contributed by atoms with E-state index < -0.39 is 30.9 Å². The standard InChI is InChI=1S/C7H7N3O5S/c11-5(12)1-10(2-6(13)14)7(15)4-3-16-9-8-4/h3H,1-2H2,(H,11,12)(H,13,14). The Hall–Kier alpha value is -2.03. The van der Waals surface area contributed by atoms with Crippen molar-refractivity contribution < 1.29 is 24.6 Å². The Balaban J connectivity index is 2.79. The van der Waals surface area contributed by atoms with Gasteiger partial charge >= 0.3 is 11.9 Å². The van der Waals surface area contributed by atoms with Gasteiger partial charge in [-0.25, -0.2) is 0 Å². The minimum Gasteiger partial charge on any atom is -0.480 e. The zero-order valence-electron chi connectivity index (χ0n) is 7.86. The lowest BCUT2D eigenvalue weighted by molar-refractivity contribution is -0.140. The Kier molecular flexibility index (Phi) is 3.89. The van der Waals surface area contributed by atoms with Crippen LogP contribution in [0, 0.1) is 0 Å². The van der Waals surface area contributed by atoms with E-state index in [-0.39, 0.29) is 5.69 Å². The molecule has 0 unspecified atom stereocenters. The highest BCUT2D eigenvalue weighted by molar-refractivity contribution is 7.03. The van der Waals surface area contributed by atoms with Gasteiger partial charge in [0.2, 0.25) is 0 Å². The number of aromatic nitrogens is 2. The number of nitrogens with zero attached hydrogens (tertiary/aromatic N) is 3. The average Bonchev–Trinajstić information content (AvgIpc) is 2.66. The highest BCUT2D eigenvalue weighted by Gasteiger charge is 2.22. The Bertz CT molecular complexity index is 388. The van der Waals surface area contributed by atoms with E-state index >= 15 is 0 Å². The zero-order chi connectivity index (χ0) is 12.1. The molecule has 0 aliphatic rings. The molecule has 0 bridgehead atoms. The molecule has 1 aromatic heterocycles. The lowest BCUT2D eigenvalue weighted by Gasteiger charge is -2.16. The predicted molar refractivity (Wildman–Crippen MR) is 51.1 cm³/mol. The number of rotatable bonds is 5. The smallest absolute Gasteiger partial charge is 0.323 e. The lowest BCUT2D eigenvalue weighted by atomic mass is 10.3. The number of hydrogen-bond acceptors (Lipinski definition) is 6. The molecule has 1 aromatic rings. The van der Waals surface area contributed by atoms with E-state index in [9.17, 15) is 14.4 Å². The van der Waals surface area contributed by atoms with E-state index in [0.29, 0.717) is 4.90 Å². The Morgan fingerprint density at radius 3 is 2.19 bits per heavy atom. The van der Waals surface area contributed by atoms with Crippen LogP contribution in [-0.4, -0.2) is 55.6 Å². The van der Waals surface area contributed by atoms with E-state index in [2.05, 4.69) is 9.59 Å². The van der Waals surface area contributed by atoms with Crippen molar-refractivity contribution in [3.05, 3.63) is 11.1 Å². The summed E-state index contributed by atoms with van der Waals surface area (Å²) < 4.78 is 3.43. The first kappa shape index (κ1) is 12.0. The van der Waals surface area contributed by atoms with E-state index in [0.717, 1.165) is 11.5 Å². The fraction of sp³-hybridized carbons (Fsp3) is 0.286. The number of carboxylic acids is 2. The summed E-state index contributed by atoms with van der Waals surface area (Å²) in [7, 11) is 0. The van der Waals surface area contributed by atoms with Crippen LogP contribution >= 0.6 is 11.5 Å².